The van der Waals surface area contributed by atoms with E-state index in [1.54, 1.807) is 0 Å². The topological polar surface area (TPSA) is 63.2 Å². The Balaban J connectivity index is 2.15. The number of sulfone groups is 1. The van der Waals surface area contributed by atoms with E-state index in [4.69, 9.17) is 0 Å². The summed E-state index contributed by atoms with van der Waals surface area (Å²) in [5.74, 6) is -1.88. The molecule has 122 valence electrons. The van der Waals surface area contributed by atoms with Crippen LogP contribution in [0.3, 0.4) is 0 Å². The first-order chi connectivity index (χ1) is 10.8. The molecule has 0 bridgehead atoms. The molecule has 0 spiro atoms. The first kappa shape index (κ1) is 17.1. The Bertz CT molecular complexity index is 835. The highest BCUT2D eigenvalue weighted by atomic mass is 32.2. The van der Waals surface area contributed by atoms with Gasteiger partial charge < -0.3 is 5.32 Å². The van der Waals surface area contributed by atoms with Gasteiger partial charge >= 0.3 is 0 Å². The molecule has 0 fully saturated rings. The largest absolute Gasteiger partial charge is 0.348 e. The minimum absolute atomic E-state index is 0.00989. The van der Waals surface area contributed by atoms with Gasteiger partial charge in [-0.1, -0.05) is 13.0 Å². The van der Waals surface area contributed by atoms with Crippen LogP contribution in [0.25, 0.3) is 0 Å². The molecule has 7 heteroatoms. The molecule has 0 unspecified atom stereocenters. The van der Waals surface area contributed by atoms with Gasteiger partial charge in [0.15, 0.2) is 9.84 Å². The maximum atomic E-state index is 13.5. The summed E-state index contributed by atoms with van der Waals surface area (Å²) in [6.07, 6.45) is 0. The maximum absolute atomic E-state index is 13.5. The summed E-state index contributed by atoms with van der Waals surface area (Å²) in [5, 5.41) is 2.44. The van der Waals surface area contributed by atoms with Crippen LogP contribution in [0.5, 0.6) is 0 Å². The third-order valence-electron chi connectivity index (χ3n) is 3.28. The lowest BCUT2D eigenvalue weighted by atomic mass is 10.2. The molecule has 2 aromatic carbocycles. The lowest BCUT2D eigenvalue weighted by molar-refractivity contribution is 0.0950. The Hall–Kier alpha value is -2.28. The van der Waals surface area contributed by atoms with Crippen molar-refractivity contribution in [2.24, 2.45) is 0 Å². The molecule has 0 aliphatic carbocycles. The summed E-state index contributed by atoms with van der Waals surface area (Å²) in [4.78, 5) is 12.1. The molecule has 0 radical (unpaired) electrons. The van der Waals surface area contributed by atoms with E-state index < -0.39 is 27.4 Å². The van der Waals surface area contributed by atoms with Crippen LogP contribution in [0.1, 0.15) is 22.8 Å². The second-order valence-electron chi connectivity index (χ2n) is 4.85. The van der Waals surface area contributed by atoms with Gasteiger partial charge in [-0.3, -0.25) is 4.79 Å². The summed E-state index contributed by atoms with van der Waals surface area (Å²) in [5.41, 5.74) is 0.145. The summed E-state index contributed by atoms with van der Waals surface area (Å²) in [6, 6.07) is 8.53. The zero-order valence-corrected chi connectivity index (χ0v) is 13.2. The molecule has 23 heavy (non-hydrogen) atoms. The van der Waals surface area contributed by atoms with Crippen LogP contribution in [0.15, 0.2) is 47.4 Å². The zero-order chi connectivity index (χ0) is 17.0. The Kier molecular flexibility index (Phi) is 5.10. The Morgan fingerprint density at radius 3 is 2.57 bits per heavy atom. The van der Waals surface area contributed by atoms with Gasteiger partial charge in [-0.25, -0.2) is 17.2 Å². The van der Waals surface area contributed by atoms with Crippen molar-refractivity contribution in [2.75, 3.05) is 5.75 Å². The first-order valence-corrected chi connectivity index (χ1v) is 8.53. The van der Waals surface area contributed by atoms with E-state index in [1.165, 1.54) is 31.2 Å². The Morgan fingerprint density at radius 2 is 1.87 bits per heavy atom. The summed E-state index contributed by atoms with van der Waals surface area (Å²) in [7, 11) is -3.42. The van der Waals surface area contributed by atoms with Crippen LogP contribution in [0.4, 0.5) is 8.78 Å². The van der Waals surface area contributed by atoms with Crippen LogP contribution < -0.4 is 5.32 Å². The van der Waals surface area contributed by atoms with Crippen LogP contribution in [0, 0.1) is 11.6 Å². The van der Waals surface area contributed by atoms with Gasteiger partial charge in [0.05, 0.1) is 10.6 Å². The summed E-state index contributed by atoms with van der Waals surface area (Å²) >= 11 is 0. The zero-order valence-electron chi connectivity index (χ0n) is 12.3. The number of nitrogens with one attached hydrogen (secondary N) is 1. The van der Waals surface area contributed by atoms with Gasteiger partial charge in [0.1, 0.15) is 11.6 Å². The average Bonchev–Trinajstić information content (AvgIpc) is 2.55. The van der Waals surface area contributed by atoms with Crippen LogP contribution >= 0.6 is 0 Å². The van der Waals surface area contributed by atoms with Gasteiger partial charge in [0.2, 0.25) is 0 Å². The smallest absolute Gasteiger partial charge is 0.251 e. The highest BCUT2D eigenvalue weighted by Gasteiger charge is 2.14. The van der Waals surface area contributed by atoms with E-state index in [0.717, 1.165) is 18.2 Å². The van der Waals surface area contributed by atoms with Crippen molar-refractivity contribution in [1.82, 2.24) is 5.32 Å². The lowest BCUT2D eigenvalue weighted by Gasteiger charge is -2.08. The molecule has 4 nitrogen and oxygen atoms in total. The number of rotatable bonds is 5. The van der Waals surface area contributed by atoms with Gasteiger partial charge in [-0.15, -0.1) is 0 Å². The number of amides is 1. The van der Waals surface area contributed by atoms with Crippen LogP contribution in [-0.4, -0.2) is 20.1 Å². The number of halogens is 2. The molecular weight excluding hydrogens is 324 g/mol. The quantitative estimate of drug-likeness (QED) is 0.911. The first-order valence-electron chi connectivity index (χ1n) is 6.88. The molecule has 0 heterocycles. The fourth-order valence-electron chi connectivity index (χ4n) is 1.95. The van der Waals surface area contributed by atoms with E-state index in [9.17, 15) is 22.0 Å². The highest BCUT2D eigenvalue weighted by Crippen LogP contribution is 2.14. The standard InChI is InChI=1S/C16H15F2NO3S/c1-2-23(21,22)14-5-3-4-11(9-14)16(20)19-10-12-8-13(17)6-7-15(12)18/h3-9H,2,10H2,1H3,(H,19,20). The fourth-order valence-corrected chi connectivity index (χ4v) is 2.88. The van der Waals surface area contributed by atoms with Crippen molar-refractivity contribution >= 4 is 15.7 Å². The van der Waals surface area contributed by atoms with E-state index in [1.807, 2.05) is 0 Å². The molecule has 2 aromatic rings. The molecule has 0 aliphatic rings. The second-order valence-corrected chi connectivity index (χ2v) is 7.13. The number of benzene rings is 2. The molecular formula is C16H15F2NO3S. The van der Waals surface area contributed by atoms with Gasteiger partial charge in [-0.05, 0) is 36.4 Å². The SMILES string of the molecule is CCS(=O)(=O)c1cccc(C(=O)NCc2cc(F)ccc2F)c1. The molecule has 1 N–H and O–H groups in total. The highest BCUT2D eigenvalue weighted by molar-refractivity contribution is 7.91. The minimum Gasteiger partial charge on any atom is -0.348 e. The number of hydrogen-bond acceptors (Lipinski definition) is 3. The average molecular weight is 339 g/mol. The van der Waals surface area contributed by atoms with E-state index in [-0.39, 0.29) is 28.3 Å². The molecule has 0 saturated carbocycles. The van der Waals surface area contributed by atoms with E-state index in [0.29, 0.717) is 0 Å². The van der Waals surface area contributed by atoms with Gasteiger partial charge in [0.25, 0.3) is 5.91 Å². The fraction of sp³-hybridized carbons (Fsp3) is 0.188. The van der Waals surface area contributed by atoms with Crippen molar-refractivity contribution in [3.63, 3.8) is 0 Å². The molecule has 1 amide bonds. The number of hydrogen-bond donors (Lipinski definition) is 1. The monoisotopic (exact) mass is 339 g/mol. The predicted octanol–water partition coefficient (Wildman–Crippen LogP) is 2.69. The summed E-state index contributed by atoms with van der Waals surface area (Å²) in [6.45, 7) is 1.31. The van der Waals surface area contributed by atoms with Gasteiger partial charge in [-0.2, -0.15) is 0 Å². The molecule has 2 rings (SSSR count). The van der Waals surface area contributed by atoms with Crippen molar-refractivity contribution in [2.45, 2.75) is 18.4 Å². The predicted molar refractivity (Wildman–Crippen MR) is 81.7 cm³/mol. The van der Waals surface area contributed by atoms with Crippen LogP contribution in [-0.2, 0) is 16.4 Å². The minimum atomic E-state index is -3.42. The Labute approximate surface area is 133 Å². The normalized spacial score (nSPS) is 11.3. The molecule has 0 aliphatic heterocycles. The molecule has 0 atom stereocenters. The van der Waals surface area contributed by atoms with Crippen molar-refractivity contribution in [1.29, 1.82) is 0 Å². The van der Waals surface area contributed by atoms with E-state index in [2.05, 4.69) is 5.32 Å². The second kappa shape index (κ2) is 6.87. The van der Waals surface area contributed by atoms with Gasteiger partial charge in [0, 0.05) is 17.7 Å². The molecule has 0 aromatic heterocycles. The maximum Gasteiger partial charge on any atom is 0.251 e. The van der Waals surface area contributed by atoms with E-state index >= 15 is 0 Å². The van der Waals surface area contributed by atoms with Crippen LogP contribution in [0.2, 0.25) is 0 Å². The number of carbonyl (C=O) groups excluding carboxylic acids is 1. The Morgan fingerprint density at radius 1 is 1.13 bits per heavy atom. The van der Waals surface area contributed by atoms with Crippen molar-refractivity contribution in [3.05, 3.63) is 65.2 Å². The van der Waals surface area contributed by atoms with Crippen molar-refractivity contribution in [3.8, 4) is 0 Å². The third-order valence-corrected chi connectivity index (χ3v) is 5.01. The molecule has 0 saturated heterocycles. The third kappa shape index (κ3) is 4.13. The number of carbonyl (C=O) groups is 1. The lowest BCUT2D eigenvalue weighted by Crippen LogP contribution is -2.23. The van der Waals surface area contributed by atoms with Crippen molar-refractivity contribution < 1.29 is 22.0 Å². The summed E-state index contributed by atoms with van der Waals surface area (Å²) < 4.78 is 50.2.